The van der Waals surface area contributed by atoms with E-state index in [1.807, 2.05) is 12.1 Å². The average Bonchev–Trinajstić information content (AvgIpc) is 3.28. The summed E-state index contributed by atoms with van der Waals surface area (Å²) in [5.41, 5.74) is 1.32. The molecule has 0 bridgehead atoms. The lowest BCUT2D eigenvalue weighted by atomic mass is 10.1. The maximum Gasteiger partial charge on any atom is 0.416 e. The van der Waals surface area contributed by atoms with Gasteiger partial charge >= 0.3 is 6.18 Å². The summed E-state index contributed by atoms with van der Waals surface area (Å²) in [7, 11) is 0. The Morgan fingerprint density at radius 2 is 1.77 bits per heavy atom. The van der Waals surface area contributed by atoms with E-state index in [2.05, 4.69) is 10.3 Å². The molecule has 4 nitrogen and oxygen atoms in total. The Morgan fingerprint density at radius 3 is 2.40 bits per heavy atom. The van der Waals surface area contributed by atoms with Crippen molar-refractivity contribution in [2.45, 2.75) is 12.6 Å². The maximum atomic E-state index is 12.7. The van der Waals surface area contributed by atoms with Crippen LogP contribution in [0.2, 0.25) is 5.02 Å². The van der Waals surface area contributed by atoms with Crippen molar-refractivity contribution in [2.24, 2.45) is 0 Å². The summed E-state index contributed by atoms with van der Waals surface area (Å²) in [6.07, 6.45) is -0.335. The third-order valence-electron chi connectivity index (χ3n) is 4.50. The Bertz CT molecular complexity index is 1150. The van der Waals surface area contributed by atoms with Crippen LogP contribution in [-0.2, 0) is 12.6 Å². The predicted molar refractivity (Wildman–Crippen MR) is 111 cm³/mol. The van der Waals surface area contributed by atoms with Gasteiger partial charge in [0.2, 0.25) is 0 Å². The highest BCUT2D eigenvalue weighted by Crippen LogP contribution is 2.33. The zero-order chi connectivity index (χ0) is 21.3. The Kier molecular flexibility index (Phi) is 5.53. The molecule has 0 fully saturated rings. The lowest BCUT2D eigenvalue weighted by Crippen LogP contribution is -2.25. The molecule has 0 atom stereocenters. The fourth-order valence-corrected chi connectivity index (χ4v) is 4.02. The molecule has 0 saturated heterocycles. The molecule has 154 valence electrons. The quantitative estimate of drug-likeness (QED) is 0.424. The van der Waals surface area contributed by atoms with Crippen LogP contribution in [0.15, 0.2) is 60.9 Å². The highest BCUT2D eigenvalue weighted by molar-refractivity contribution is 7.20. The van der Waals surface area contributed by atoms with Crippen molar-refractivity contribution in [3.63, 3.8) is 0 Å². The topological polar surface area (TPSA) is 46.4 Å². The van der Waals surface area contributed by atoms with Gasteiger partial charge in [0, 0.05) is 24.0 Å². The molecule has 0 radical (unpaired) electrons. The highest BCUT2D eigenvalue weighted by atomic mass is 35.5. The number of carbonyl (C=O) groups is 1. The van der Waals surface area contributed by atoms with Crippen LogP contribution in [-0.4, -0.2) is 21.8 Å². The number of nitrogens with one attached hydrogen (secondary N) is 1. The Morgan fingerprint density at radius 1 is 1.07 bits per heavy atom. The van der Waals surface area contributed by atoms with E-state index in [-0.39, 0.29) is 11.6 Å². The number of fused-ring (bicyclic) bond motifs is 1. The second-order valence-corrected chi connectivity index (χ2v) is 8.06. The van der Waals surface area contributed by atoms with Crippen molar-refractivity contribution >= 4 is 33.8 Å². The lowest BCUT2D eigenvalue weighted by Gasteiger charge is -2.06. The van der Waals surface area contributed by atoms with Crippen LogP contribution in [0.4, 0.5) is 13.2 Å². The molecule has 0 saturated carbocycles. The van der Waals surface area contributed by atoms with Crippen LogP contribution >= 0.6 is 22.9 Å². The molecule has 4 rings (SSSR count). The number of alkyl halides is 3. The van der Waals surface area contributed by atoms with Gasteiger partial charge in [-0.2, -0.15) is 13.2 Å². The summed E-state index contributed by atoms with van der Waals surface area (Å²) in [6, 6.07) is 12.4. The van der Waals surface area contributed by atoms with Crippen molar-refractivity contribution in [1.29, 1.82) is 0 Å². The van der Waals surface area contributed by atoms with E-state index in [0.29, 0.717) is 28.5 Å². The third-order valence-corrected chi connectivity index (χ3v) is 5.80. The van der Waals surface area contributed by atoms with Crippen LogP contribution in [0.1, 0.15) is 21.6 Å². The largest absolute Gasteiger partial charge is 0.416 e. The molecule has 1 N–H and O–H groups in total. The first-order chi connectivity index (χ1) is 14.3. The minimum absolute atomic E-state index is 0.282. The number of halogens is 4. The number of nitrogens with zero attached hydrogens (tertiary/aromatic N) is 2. The molecule has 9 heteroatoms. The highest BCUT2D eigenvalue weighted by Gasteiger charge is 2.30. The van der Waals surface area contributed by atoms with Crippen molar-refractivity contribution in [3.8, 4) is 10.4 Å². The first-order valence-corrected chi connectivity index (χ1v) is 10.2. The minimum Gasteiger partial charge on any atom is -0.350 e. The van der Waals surface area contributed by atoms with Crippen LogP contribution in [0.25, 0.3) is 15.4 Å². The van der Waals surface area contributed by atoms with Gasteiger partial charge < -0.3 is 5.32 Å². The van der Waals surface area contributed by atoms with E-state index >= 15 is 0 Å². The molecule has 0 aliphatic rings. The molecular formula is C21H15ClF3N3OS. The van der Waals surface area contributed by atoms with Crippen LogP contribution < -0.4 is 5.32 Å². The number of hydrogen-bond acceptors (Lipinski definition) is 3. The molecule has 0 spiro atoms. The van der Waals surface area contributed by atoms with E-state index in [1.54, 1.807) is 28.9 Å². The molecule has 2 aromatic heterocycles. The molecule has 0 unspecified atom stereocenters. The smallest absolute Gasteiger partial charge is 0.350 e. The van der Waals surface area contributed by atoms with Gasteiger partial charge in [0.15, 0.2) is 4.96 Å². The summed E-state index contributed by atoms with van der Waals surface area (Å²) in [5, 5.41) is 3.49. The van der Waals surface area contributed by atoms with E-state index in [4.69, 9.17) is 11.6 Å². The van der Waals surface area contributed by atoms with Crippen molar-refractivity contribution in [3.05, 3.63) is 82.8 Å². The van der Waals surface area contributed by atoms with Gasteiger partial charge in [0.1, 0.15) is 5.69 Å². The summed E-state index contributed by atoms with van der Waals surface area (Å²) in [5.74, 6) is -0.282. The number of carbonyl (C=O) groups excluding carboxylic acids is 1. The molecular weight excluding hydrogens is 435 g/mol. The minimum atomic E-state index is -4.36. The molecule has 30 heavy (non-hydrogen) atoms. The number of rotatable bonds is 5. The molecule has 2 heterocycles. The monoisotopic (exact) mass is 449 g/mol. The number of hydrogen-bond donors (Lipinski definition) is 1. The number of benzene rings is 2. The Labute approximate surface area is 178 Å². The number of thiazole rings is 1. The second-order valence-electron chi connectivity index (χ2n) is 6.62. The van der Waals surface area contributed by atoms with E-state index < -0.39 is 11.7 Å². The average molecular weight is 450 g/mol. The predicted octanol–water partition coefficient (Wildman–Crippen LogP) is 5.71. The van der Waals surface area contributed by atoms with Crippen molar-refractivity contribution in [1.82, 2.24) is 14.7 Å². The fraction of sp³-hybridized carbons (Fsp3) is 0.143. The molecule has 2 aromatic carbocycles. The molecule has 0 aliphatic heterocycles. The Balaban J connectivity index is 1.41. The number of imidazole rings is 1. The normalized spacial score (nSPS) is 11.7. The molecule has 4 aromatic rings. The standard InChI is InChI=1S/C21H15ClF3N3OS/c22-16-7-1-13(2-8-16)9-10-26-19(29)17-11-28-12-18(30-20(28)27-17)14-3-5-15(6-4-14)21(23,24)25/h1-8,11-12H,9-10H2,(H,26,29). The summed E-state index contributed by atoms with van der Waals surface area (Å²) < 4.78 is 39.8. The maximum absolute atomic E-state index is 12.7. The van der Waals surface area contributed by atoms with E-state index in [9.17, 15) is 18.0 Å². The number of amides is 1. The fourth-order valence-electron chi connectivity index (χ4n) is 2.92. The lowest BCUT2D eigenvalue weighted by molar-refractivity contribution is -0.137. The van der Waals surface area contributed by atoms with Gasteiger partial charge in [0.25, 0.3) is 5.91 Å². The summed E-state index contributed by atoms with van der Waals surface area (Å²) in [6.45, 7) is 0.461. The van der Waals surface area contributed by atoms with Gasteiger partial charge in [-0.25, -0.2) is 4.98 Å². The van der Waals surface area contributed by atoms with Gasteiger partial charge in [-0.1, -0.05) is 47.2 Å². The van der Waals surface area contributed by atoms with E-state index in [1.165, 1.54) is 23.5 Å². The van der Waals surface area contributed by atoms with Gasteiger partial charge in [-0.15, -0.1) is 0 Å². The van der Waals surface area contributed by atoms with E-state index in [0.717, 1.165) is 22.6 Å². The second kappa shape index (κ2) is 8.12. The van der Waals surface area contributed by atoms with Gasteiger partial charge in [0.05, 0.1) is 10.4 Å². The SMILES string of the molecule is O=C(NCCc1ccc(Cl)cc1)c1cn2cc(-c3ccc(C(F)(F)F)cc3)sc2n1. The first kappa shape index (κ1) is 20.4. The van der Waals surface area contributed by atoms with Crippen LogP contribution in [0.3, 0.4) is 0 Å². The summed E-state index contributed by atoms with van der Waals surface area (Å²) >= 11 is 7.16. The molecule has 0 aliphatic carbocycles. The van der Waals surface area contributed by atoms with Crippen LogP contribution in [0.5, 0.6) is 0 Å². The van der Waals surface area contributed by atoms with Crippen molar-refractivity contribution < 1.29 is 18.0 Å². The zero-order valence-electron chi connectivity index (χ0n) is 15.4. The third kappa shape index (κ3) is 4.49. The van der Waals surface area contributed by atoms with Crippen LogP contribution in [0, 0.1) is 0 Å². The van der Waals surface area contributed by atoms with Gasteiger partial charge in [-0.05, 0) is 41.8 Å². The van der Waals surface area contributed by atoms with Gasteiger partial charge in [-0.3, -0.25) is 9.20 Å². The van der Waals surface area contributed by atoms with Crippen molar-refractivity contribution in [2.75, 3.05) is 6.54 Å². The summed E-state index contributed by atoms with van der Waals surface area (Å²) in [4.78, 5) is 18.0. The first-order valence-electron chi connectivity index (χ1n) is 8.98. The molecule has 1 amide bonds. The Hall–Kier alpha value is -2.84. The number of aromatic nitrogens is 2. The zero-order valence-corrected chi connectivity index (χ0v) is 17.0.